The number of rotatable bonds is 0. The van der Waals surface area contributed by atoms with E-state index < -0.39 is 0 Å². The van der Waals surface area contributed by atoms with Crippen LogP contribution in [0.25, 0.3) is 0 Å². The van der Waals surface area contributed by atoms with E-state index in [0.717, 1.165) is 13.1 Å². The molecule has 4 aliphatic carbocycles. The van der Waals surface area contributed by atoms with E-state index in [1.807, 2.05) is 0 Å². The smallest absolute Gasteiger partial charge is 0.0609 e. The van der Waals surface area contributed by atoms with Crippen LogP contribution in [0.15, 0.2) is 6.07 Å². The van der Waals surface area contributed by atoms with Crippen molar-refractivity contribution >= 4 is 0 Å². The monoisotopic (exact) mass is 437 g/mol. The van der Waals surface area contributed by atoms with Gasteiger partial charge in [0.15, 0.2) is 0 Å². The summed E-state index contributed by atoms with van der Waals surface area (Å²) < 4.78 is 0. The highest BCUT2D eigenvalue weighted by Crippen LogP contribution is 2.37. The SMILES string of the molecule is c1c2c3nc4c1CCC[C@@H]4N[C@@H]1CCCC[C@H]1NCCN[C@@H]1CCCC[C@H]1N[C@H]3CCC2. The molecule has 176 valence electrons. The van der Waals surface area contributed by atoms with Gasteiger partial charge < -0.3 is 21.3 Å². The molecule has 2 saturated carbocycles. The van der Waals surface area contributed by atoms with Gasteiger partial charge in [-0.25, -0.2) is 0 Å². The van der Waals surface area contributed by atoms with Crippen molar-refractivity contribution in [2.24, 2.45) is 0 Å². The average Bonchev–Trinajstić information content (AvgIpc) is 2.83. The Morgan fingerprint density at radius 3 is 1.53 bits per heavy atom. The second-order valence-corrected chi connectivity index (χ2v) is 11.2. The Morgan fingerprint density at radius 1 is 0.562 bits per heavy atom. The third-order valence-corrected chi connectivity index (χ3v) is 9.09. The van der Waals surface area contributed by atoms with Crippen molar-refractivity contribution in [1.82, 2.24) is 26.3 Å². The van der Waals surface area contributed by atoms with Crippen LogP contribution in [0.5, 0.6) is 0 Å². The maximum atomic E-state index is 5.50. The second-order valence-electron chi connectivity index (χ2n) is 11.2. The van der Waals surface area contributed by atoms with Crippen LogP contribution in [0.2, 0.25) is 0 Å². The minimum atomic E-state index is 0.435. The molecule has 4 N–H and O–H groups in total. The standard InChI is InChI=1S/C27H43N5/c1-3-11-22-20(9-1)28-15-16-29-21-10-2-4-12-23(21)31-25-14-6-8-19-17-18-7-5-13-24(30-22)26(18)32-27(19)25/h17,20-25,28-31H,1-16H2/t20-,21-,22-,23-,24+,25+/m1/s1. The Kier molecular flexibility index (Phi) is 6.52. The molecule has 0 radical (unpaired) electrons. The Balaban J connectivity index is 1.35. The molecule has 32 heavy (non-hydrogen) atoms. The summed E-state index contributed by atoms with van der Waals surface area (Å²) in [5, 5.41) is 16.1. The van der Waals surface area contributed by atoms with Gasteiger partial charge >= 0.3 is 0 Å². The first-order valence-electron chi connectivity index (χ1n) is 13.9. The Morgan fingerprint density at radius 2 is 1.03 bits per heavy atom. The van der Waals surface area contributed by atoms with Crippen molar-refractivity contribution in [3.8, 4) is 0 Å². The van der Waals surface area contributed by atoms with E-state index in [1.165, 1.54) is 112 Å². The van der Waals surface area contributed by atoms with Gasteiger partial charge in [-0.2, -0.15) is 0 Å². The minimum absolute atomic E-state index is 0.435. The number of nitrogens with one attached hydrogen (secondary N) is 4. The molecule has 1 aliphatic heterocycles. The lowest BCUT2D eigenvalue weighted by molar-refractivity contribution is 0.243. The lowest BCUT2D eigenvalue weighted by Gasteiger charge is -2.38. The molecular weight excluding hydrogens is 394 g/mol. The fourth-order valence-corrected chi connectivity index (χ4v) is 7.41. The molecule has 0 amide bonds. The lowest BCUT2D eigenvalue weighted by Crippen LogP contribution is -2.54. The number of aryl methyl sites for hydroxylation is 2. The van der Waals surface area contributed by atoms with Crippen LogP contribution in [0.4, 0.5) is 0 Å². The molecule has 1 aromatic heterocycles. The summed E-state index contributed by atoms with van der Waals surface area (Å²) in [4.78, 5) is 5.50. The quantitative estimate of drug-likeness (QED) is 0.497. The molecule has 1 aromatic rings. The number of nitrogens with zero attached hydrogens (tertiary/aromatic N) is 1. The van der Waals surface area contributed by atoms with Gasteiger partial charge in [0.25, 0.3) is 0 Å². The van der Waals surface area contributed by atoms with Gasteiger partial charge in [-0.1, -0.05) is 31.7 Å². The summed E-state index contributed by atoms with van der Waals surface area (Å²) in [7, 11) is 0. The predicted molar refractivity (Wildman–Crippen MR) is 130 cm³/mol. The molecule has 5 nitrogen and oxygen atoms in total. The molecular formula is C27H43N5. The molecule has 5 heteroatoms. The van der Waals surface area contributed by atoms with Crippen LogP contribution in [-0.2, 0) is 12.8 Å². The van der Waals surface area contributed by atoms with E-state index >= 15 is 0 Å². The Labute approximate surface area is 194 Å². The van der Waals surface area contributed by atoms with Crippen LogP contribution in [-0.4, -0.2) is 42.2 Å². The highest BCUT2D eigenvalue weighted by atomic mass is 15.1. The summed E-state index contributed by atoms with van der Waals surface area (Å²) in [5.74, 6) is 0. The fraction of sp³-hybridized carbons (Fsp3) is 0.815. The number of pyridine rings is 1. The molecule has 0 unspecified atom stereocenters. The van der Waals surface area contributed by atoms with Crippen molar-refractivity contribution in [3.63, 3.8) is 0 Å². The third kappa shape index (κ3) is 4.38. The summed E-state index contributed by atoms with van der Waals surface area (Å²) >= 11 is 0. The summed E-state index contributed by atoms with van der Waals surface area (Å²) in [6, 6.07) is 5.80. The largest absolute Gasteiger partial charge is 0.311 e. The molecule has 0 saturated heterocycles. The van der Waals surface area contributed by atoms with E-state index in [9.17, 15) is 0 Å². The highest BCUT2D eigenvalue weighted by molar-refractivity contribution is 5.37. The topological polar surface area (TPSA) is 61.0 Å². The molecule has 5 aliphatic rings. The molecule has 6 atom stereocenters. The fourth-order valence-electron chi connectivity index (χ4n) is 7.41. The normalized spacial score (nSPS) is 38.0. The Bertz CT molecular complexity index is 733. The van der Waals surface area contributed by atoms with Gasteiger partial charge in [-0.3, -0.25) is 4.98 Å². The number of fused-ring (bicyclic) bond motifs is 2. The summed E-state index contributed by atoms with van der Waals surface area (Å²) in [5.41, 5.74) is 5.85. The van der Waals surface area contributed by atoms with Gasteiger partial charge in [0.2, 0.25) is 0 Å². The van der Waals surface area contributed by atoms with Crippen molar-refractivity contribution in [2.45, 2.75) is 126 Å². The van der Waals surface area contributed by atoms with Crippen LogP contribution in [0.3, 0.4) is 0 Å². The highest BCUT2D eigenvalue weighted by Gasteiger charge is 2.34. The first kappa shape index (κ1) is 21.5. The van der Waals surface area contributed by atoms with E-state index in [-0.39, 0.29) is 0 Å². The molecule has 2 bridgehead atoms. The third-order valence-electron chi connectivity index (χ3n) is 9.09. The molecule has 2 fully saturated rings. The van der Waals surface area contributed by atoms with Crippen molar-refractivity contribution in [3.05, 3.63) is 28.6 Å². The molecule has 2 heterocycles. The zero-order chi connectivity index (χ0) is 21.3. The first-order chi connectivity index (χ1) is 15.8. The second kappa shape index (κ2) is 9.69. The lowest BCUT2D eigenvalue weighted by atomic mass is 9.83. The molecule has 0 spiro atoms. The van der Waals surface area contributed by atoms with Crippen molar-refractivity contribution < 1.29 is 0 Å². The maximum Gasteiger partial charge on any atom is 0.0609 e. The van der Waals surface area contributed by atoms with E-state index in [1.54, 1.807) is 0 Å². The molecule has 6 rings (SSSR count). The summed E-state index contributed by atoms with van der Waals surface area (Å²) in [6.07, 6.45) is 18.2. The van der Waals surface area contributed by atoms with Gasteiger partial charge in [0, 0.05) is 37.3 Å². The van der Waals surface area contributed by atoms with Gasteiger partial charge in [-0.05, 0) is 75.3 Å². The van der Waals surface area contributed by atoms with Crippen molar-refractivity contribution in [2.75, 3.05) is 13.1 Å². The van der Waals surface area contributed by atoms with Crippen LogP contribution in [0, 0.1) is 0 Å². The Hall–Kier alpha value is -1.01. The maximum absolute atomic E-state index is 5.50. The van der Waals surface area contributed by atoms with E-state index in [0.29, 0.717) is 36.3 Å². The van der Waals surface area contributed by atoms with Gasteiger partial charge in [0.1, 0.15) is 0 Å². The van der Waals surface area contributed by atoms with Gasteiger partial charge in [0.05, 0.1) is 23.5 Å². The molecule has 0 aromatic carbocycles. The number of hydrogen-bond donors (Lipinski definition) is 4. The van der Waals surface area contributed by atoms with E-state index in [2.05, 4.69) is 27.3 Å². The zero-order valence-electron chi connectivity index (χ0n) is 19.8. The number of hydrogen-bond acceptors (Lipinski definition) is 5. The average molecular weight is 438 g/mol. The first-order valence-corrected chi connectivity index (χ1v) is 13.9. The van der Waals surface area contributed by atoms with Crippen molar-refractivity contribution in [1.29, 1.82) is 0 Å². The number of aromatic nitrogens is 1. The van der Waals surface area contributed by atoms with Crippen LogP contribution >= 0.6 is 0 Å². The summed E-state index contributed by atoms with van der Waals surface area (Å²) in [6.45, 7) is 2.17. The van der Waals surface area contributed by atoms with Gasteiger partial charge in [-0.15, -0.1) is 0 Å². The minimum Gasteiger partial charge on any atom is -0.311 e. The predicted octanol–water partition coefficient (Wildman–Crippen LogP) is 3.83. The van der Waals surface area contributed by atoms with E-state index in [4.69, 9.17) is 4.98 Å². The zero-order valence-corrected chi connectivity index (χ0v) is 19.8. The van der Waals surface area contributed by atoms with Crippen LogP contribution < -0.4 is 21.3 Å². The van der Waals surface area contributed by atoms with Crippen LogP contribution in [0.1, 0.15) is 112 Å².